The molecule has 1 heterocycles. The van der Waals surface area contributed by atoms with Gasteiger partial charge < -0.3 is 20.1 Å². The maximum absolute atomic E-state index is 12.4. The molecule has 1 aliphatic rings. The smallest absolute Gasteiger partial charge is 0.253 e. The molecule has 0 aromatic heterocycles. The molecule has 6 heteroatoms. The SMILES string of the molecule is CC(C)C(N)CCN(C)C(=O)c1cc(Cl)c2c(c1)OCO2. The Kier molecular flexibility index (Phi) is 4.96. The summed E-state index contributed by atoms with van der Waals surface area (Å²) in [5.74, 6) is 1.30. The molecule has 21 heavy (non-hydrogen) atoms. The fourth-order valence-electron chi connectivity index (χ4n) is 2.09. The van der Waals surface area contributed by atoms with Crippen LogP contribution >= 0.6 is 11.6 Å². The first-order valence-electron chi connectivity index (χ1n) is 7.00. The lowest BCUT2D eigenvalue weighted by molar-refractivity contribution is 0.0788. The van der Waals surface area contributed by atoms with Gasteiger partial charge in [-0.25, -0.2) is 0 Å². The monoisotopic (exact) mass is 312 g/mol. The van der Waals surface area contributed by atoms with Crippen molar-refractivity contribution >= 4 is 17.5 Å². The number of nitrogens with zero attached hydrogens (tertiary/aromatic N) is 1. The summed E-state index contributed by atoms with van der Waals surface area (Å²) >= 11 is 6.10. The molecule has 5 nitrogen and oxygen atoms in total. The lowest BCUT2D eigenvalue weighted by Gasteiger charge is -2.21. The second kappa shape index (κ2) is 6.54. The van der Waals surface area contributed by atoms with E-state index in [1.807, 2.05) is 0 Å². The van der Waals surface area contributed by atoms with Crippen LogP contribution in [0.5, 0.6) is 11.5 Å². The van der Waals surface area contributed by atoms with E-state index >= 15 is 0 Å². The maximum Gasteiger partial charge on any atom is 0.253 e. The van der Waals surface area contributed by atoms with Gasteiger partial charge in [0.15, 0.2) is 11.5 Å². The van der Waals surface area contributed by atoms with Crippen LogP contribution in [-0.2, 0) is 0 Å². The number of carbonyl (C=O) groups excluding carboxylic acids is 1. The zero-order chi connectivity index (χ0) is 15.6. The summed E-state index contributed by atoms with van der Waals surface area (Å²) in [7, 11) is 1.76. The molecule has 116 valence electrons. The lowest BCUT2D eigenvalue weighted by atomic mass is 10.0. The van der Waals surface area contributed by atoms with Crippen LogP contribution in [0.2, 0.25) is 5.02 Å². The largest absolute Gasteiger partial charge is 0.454 e. The number of nitrogens with two attached hydrogens (primary N) is 1. The number of fused-ring (bicyclic) bond motifs is 1. The third kappa shape index (κ3) is 3.60. The highest BCUT2D eigenvalue weighted by molar-refractivity contribution is 6.32. The Hall–Kier alpha value is -1.46. The normalized spacial score (nSPS) is 14.4. The molecular weight excluding hydrogens is 292 g/mol. The van der Waals surface area contributed by atoms with Crippen molar-refractivity contribution in [2.24, 2.45) is 11.7 Å². The fraction of sp³-hybridized carbons (Fsp3) is 0.533. The van der Waals surface area contributed by atoms with Gasteiger partial charge in [0, 0.05) is 25.2 Å². The molecule has 0 spiro atoms. The van der Waals surface area contributed by atoms with Crippen molar-refractivity contribution in [1.29, 1.82) is 0 Å². The van der Waals surface area contributed by atoms with E-state index in [-0.39, 0.29) is 18.7 Å². The van der Waals surface area contributed by atoms with Crippen LogP contribution < -0.4 is 15.2 Å². The van der Waals surface area contributed by atoms with E-state index in [4.69, 9.17) is 26.8 Å². The molecule has 0 fully saturated rings. The Bertz CT molecular complexity index is 534. The molecular formula is C15H21ClN2O3. The fourth-order valence-corrected chi connectivity index (χ4v) is 2.35. The zero-order valence-corrected chi connectivity index (χ0v) is 13.3. The summed E-state index contributed by atoms with van der Waals surface area (Å²) in [5.41, 5.74) is 6.50. The first-order chi connectivity index (χ1) is 9.90. The summed E-state index contributed by atoms with van der Waals surface area (Å²) in [6.07, 6.45) is 0.762. The molecule has 0 radical (unpaired) electrons. The van der Waals surface area contributed by atoms with Gasteiger partial charge in [-0.2, -0.15) is 0 Å². The van der Waals surface area contributed by atoms with Crippen molar-refractivity contribution in [2.75, 3.05) is 20.4 Å². The molecule has 2 rings (SSSR count). The van der Waals surface area contributed by atoms with Gasteiger partial charge in [-0.15, -0.1) is 0 Å². The predicted octanol–water partition coefficient (Wildman–Crippen LogP) is 2.51. The average Bonchev–Trinajstić information content (AvgIpc) is 2.92. The molecule has 0 bridgehead atoms. The van der Waals surface area contributed by atoms with E-state index in [1.54, 1.807) is 24.1 Å². The molecule has 0 saturated heterocycles. The number of hydrogen-bond donors (Lipinski definition) is 1. The van der Waals surface area contributed by atoms with Gasteiger partial charge in [0.05, 0.1) is 5.02 Å². The van der Waals surface area contributed by atoms with Crippen LogP contribution in [0.1, 0.15) is 30.6 Å². The molecule has 2 N–H and O–H groups in total. The third-order valence-corrected chi connectivity index (χ3v) is 3.96. The molecule has 1 aromatic carbocycles. The summed E-state index contributed by atoms with van der Waals surface area (Å²) in [6.45, 7) is 4.88. The second-order valence-electron chi connectivity index (χ2n) is 5.62. The Labute approximate surface area is 130 Å². The average molecular weight is 313 g/mol. The molecule has 0 saturated carbocycles. The van der Waals surface area contributed by atoms with Crippen LogP contribution in [0, 0.1) is 5.92 Å². The number of benzene rings is 1. The summed E-state index contributed by atoms with van der Waals surface area (Å²) in [5, 5.41) is 0.389. The summed E-state index contributed by atoms with van der Waals surface area (Å²) in [4.78, 5) is 14.1. The van der Waals surface area contributed by atoms with Gasteiger partial charge in [0.2, 0.25) is 6.79 Å². The number of rotatable bonds is 5. The number of hydrogen-bond acceptors (Lipinski definition) is 4. The minimum atomic E-state index is -0.105. The summed E-state index contributed by atoms with van der Waals surface area (Å²) < 4.78 is 10.5. The van der Waals surface area contributed by atoms with Crippen molar-refractivity contribution < 1.29 is 14.3 Å². The van der Waals surface area contributed by atoms with Crippen LogP contribution in [0.3, 0.4) is 0 Å². The number of ether oxygens (including phenoxy) is 2. The van der Waals surface area contributed by atoms with Gasteiger partial charge in [-0.3, -0.25) is 4.79 Å². The third-order valence-electron chi connectivity index (χ3n) is 3.68. The highest BCUT2D eigenvalue weighted by Crippen LogP contribution is 2.39. The van der Waals surface area contributed by atoms with Crippen LogP contribution in [-0.4, -0.2) is 37.2 Å². The quantitative estimate of drug-likeness (QED) is 0.907. The van der Waals surface area contributed by atoms with Gasteiger partial charge in [-0.1, -0.05) is 25.4 Å². The van der Waals surface area contributed by atoms with Crippen molar-refractivity contribution in [3.63, 3.8) is 0 Å². The molecule has 1 aromatic rings. The van der Waals surface area contributed by atoms with E-state index in [0.29, 0.717) is 34.5 Å². The van der Waals surface area contributed by atoms with Gasteiger partial charge >= 0.3 is 0 Å². The zero-order valence-electron chi connectivity index (χ0n) is 12.6. The molecule has 0 aliphatic carbocycles. The van der Waals surface area contributed by atoms with Gasteiger partial charge in [0.25, 0.3) is 5.91 Å². The Morgan fingerprint density at radius 3 is 2.81 bits per heavy atom. The number of carbonyl (C=O) groups is 1. The van der Waals surface area contributed by atoms with E-state index in [1.165, 1.54) is 0 Å². The van der Waals surface area contributed by atoms with Crippen molar-refractivity contribution in [3.8, 4) is 11.5 Å². The van der Waals surface area contributed by atoms with Gasteiger partial charge in [-0.05, 0) is 24.5 Å². The van der Waals surface area contributed by atoms with Crippen molar-refractivity contribution in [2.45, 2.75) is 26.3 Å². The van der Waals surface area contributed by atoms with E-state index in [2.05, 4.69) is 13.8 Å². The molecule has 1 aliphatic heterocycles. The second-order valence-corrected chi connectivity index (χ2v) is 6.02. The Morgan fingerprint density at radius 1 is 1.43 bits per heavy atom. The maximum atomic E-state index is 12.4. The van der Waals surface area contributed by atoms with E-state index in [0.717, 1.165) is 6.42 Å². The molecule has 1 unspecified atom stereocenters. The van der Waals surface area contributed by atoms with Crippen LogP contribution in [0.25, 0.3) is 0 Å². The predicted molar refractivity (Wildman–Crippen MR) is 82.0 cm³/mol. The topological polar surface area (TPSA) is 64.8 Å². The Balaban J connectivity index is 2.04. The highest BCUT2D eigenvalue weighted by atomic mass is 35.5. The summed E-state index contributed by atoms with van der Waals surface area (Å²) in [6, 6.07) is 3.35. The standard InChI is InChI=1S/C15H21ClN2O3/c1-9(2)12(17)4-5-18(3)15(19)10-6-11(16)14-13(7-10)20-8-21-14/h6-7,9,12H,4-5,8,17H2,1-3H3. The molecule has 1 amide bonds. The van der Waals surface area contributed by atoms with Crippen molar-refractivity contribution in [1.82, 2.24) is 4.90 Å². The first kappa shape index (κ1) is 15.9. The lowest BCUT2D eigenvalue weighted by Crippen LogP contribution is -2.34. The number of halogens is 1. The van der Waals surface area contributed by atoms with E-state index < -0.39 is 0 Å². The van der Waals surface area contributed by atoms with Crippen LogP contribution in [0.15, 0.2) is 12.1 Å². The highest BCUT2D eigenvalue weighted by Gasteiger charge is 2.22. The number of amides is 1. The first-order valence-corrected chi connectivity index (χ1v) is 7.38. The minimum Gasteiger partial charge on any atom is -0.454 e. The van der Waals surface area contributed by atoms with Crippen LogP contribution in [0.4, 0.5) is 0 Å². The minimum absolute atomic E-state index is 0.0839. The van der Waals surface area contributed by atoms with E-state index in [9.17, 15) is 4.79 Å². The Morgan fingerprint density at radius 2 is 2.14 bits per heavy atom. The molecule has 1 atom stereocenters. The van der Waals surface area contributed by atoms with Crippen molar-refractivity contribution in [3.05, 3.63) is 22.7 Å². The van der Waals surface area contributed by atoms with Gasteiger partial charge in [0.1, 0.15) is 0 Å².